The molecule has 0 aliphatic carbocycles. The van der Waals surface area contributed by atoms with Gasteiger partial charge in [-0.25, -0.2) is 0 Å². The molecule has 31 heavy (non-hydrogen) atoms. The van der Waals surface area contributed by atoms with E-state index in [4.69, 9.17) is 9.15 Å². The molecule has 0 saturated carbocycles. The van der Waals surface area contributed by atoms with Crippen molar-refractivity contribution < 1.29 is 23.5 Å². The molecule has 9 heteroatoms. The molecule has 1 aliphatic heterocycles. The lowest BCUT2D eigenvalue weighted by Gasteiger charge is -2.33. The Morgan fingerprint density at radius 1 is 1.00 bits per heavy atom. The molecule has 0 bridgehead atoms. The fourth-order valence-electron chi connectivity index (χ4n) is 3.53. The van der Waals surface area contributed by atoms with Crippen LogP contribution in [0.2, 0.25) is 0 Å². The summed E-state index contributed by atoms with van der Waals surface area (Å²) in [6, 6.07) is 8.44. The number of ether oxygens (including phenoxy) is 1. The molecule has 166 valence electrons. The molecule has 1 aliphatic rings. The number of amides is 3. The van der Waals surface area contributed by atoms with Crippen LogP contribution in [0, 0.1) is 6.92 Å². The number of anilines is 2. The van der Waals surface area contributed by atoms with Gasteiger partial charge in [-0.05, 0) is 37.3 Å². The van der Waals surface area contributed by atoms with Gasteiger partial charge in [0.2, 0.25) is 11.8 Å². The quantitative estimate of drug-likeness (QED) is 0.624. The molecule has 0 radical (unpaired) electrons. The molecule has 1 aromatic carbocycles. The van der Waals surface area contributed by atoms with Crippen LogP contribution >= 0.6 is 0 Å². The van der Waals surface area contributed by atoms with E-state index in [1.54, 1.807) is 18.2 Å². The molecule has 0 unspecified atom stereocenters. The van der Waals surface area contributed by atoms with Gasteiger partial charge in [-0.15, -0.1) is 0 Å². The number of nitrogens with one attached hydrogen (secondary N) is 3. The zero-order valence-corrected chi connectivity index (χ0v) is 18.0. The summed E-state index contributed by atoms with van der Waals surface area (Å²) in [7, 11) is 0. The highest BCUT2D eigenvalue weighted by Gasteiger charge is 2.26. The van der Waals surface area contributed by atoms with Crippen molar-refractivity contribution >= 4 is 29.1 Å². The highest BCUT2D eigenvalue weighted by Crippen LogP contribution is 2.24. The van der Waals surface area contributed by atoms with Gasteiger partial charge in [0.1, 0.15) is 11.5 Å². The van der Waals surface area contributed by atoms with E-state index < -0.39 is 0 Å². The lowest BCUT2D eigenvalue weighted by Crippen LogP contribution is -2.43. The van der Waals surface area contributed by atoms with Crippen molar-refractivity contribution in [2.45, 2.75) is 26.8 Å². The molecule has 1 fully saturated rings. The van der Waals surface area contributed by atoms with Gasteiger partial charge in [-0.1, -0.05) is 0 Å². The third-order valence-corrected chi connectivity index (χ3v) is 4.87. The summed E-state index contributed by atoms with van der Waals surface area (Å²) in [6.45, 7) is 7.72. The number of furan rings is 1. The van der Waals surface area contributed by atoms with Gasteiger partial charge in [0.05, 0.1) is 19.3 Å². The molecule has 1 aromatic heterocycles. The topological polar surface area (TPSA) is 113 Å². The second-order valence-electron chi connectivity index (χ2n) is 7.48. The van der Waals surface area contributed by atoms with E-state index in [9.17, 15) is 14.4 Å². The van der Waals surface area contributed by atoms with Crippen molar-refractivity contribution in [3.05, 3.63) is 47.4 Å². The largest absolute Gasteiger partial charge is 0.465 e. The first kappa shape index (κ1) is 22.5. The van der Waals surface area contributed by atoms with Crippen molar-refractivity contribution in [1.29, 1.82) is 0 Å². The molecule has 3 N–H and O–H groups in total. The van der Waals surface area contributed by atoms with Crippen molar-refractivity contribution in [2.75, 3.05) is 43.5 Å². The normalized spacial score (nSPS) is 15.2. The zero-order valence-electron chi connectivity index (χ0n) is 18.0. The monoisotopic (exact) mass is 428 g/mol. The van der Waals surface area contributed by atoms with E-state index in [0.717, 1.165) is 24.6 Å². The Morgan fingerprint density at radius 2 is 1.61 bits per heavy atom. The van der Waals surface area contributed by atoms with E-state index in [1.807, 2.05) is 19.1 Å². The molecular weight excluding hydrogens is 400 g/mol. The Morgan fingerprint density at radius 3 is 2.13 bits per heavy atom. The molecule has 3 amide bonds. The zero-order chi connectivity index (χ0) is 22.4. The van der Waals surface area contributed by atoms with E-state index >= 15 is 0 Å². The molecule has 0 spiro atoms. The minimum absolute atomic E-state index is 0.130. The molecule has 1 saturated heterocycles. The standard InChI is InChI=1S/C22H28N4O5/c1-14-4-5-21(31-14)20(26-6-8-30-9-7-26)13-23-22(29)17-10-18(24-15(2)27)12-19(11-17)25-16(3)28/h4-5,10-12,20H,6-9,13H2,1-3H3,(H,23,29)(H,24,27)(H,25,28)/t20-/m1/s1. The Kier molecular flexibility index (Phi) is 7.43. The second-order valence-corrected chi connectivity index (χ2v) is 7.48. The van der Waals surface area contributed by atoms with E-state index in [2.05, 4.69) is 20.9 Å². The average molecular weight is 428 g/mol. The maximum absolute atomic E-state index is 12.9. The predicted molar refractivity (Wildman–Crippen MR) is 116 cm³/mol. The predicted octanol–water partition coefficient (Wildman–Crippen LogP) is 2.31. The Hall–Kier alpha value is -3.17. The van der Waals surface area contributed by atoms with E-state index in [0.29, 0.717) is 36.7 Å². The Balaban J connectivity index is 1.77. The lowest BCUT2D eigenvalue weighted by atomic mass is 10.1. The maximum atomic E-state index is 12.9. The van der Waals surface area contributed by atoms with Crippen molar-refractivity contribution in [1.82, 2.24) is 10.2 Å². The molecule has 2 heterocycles. The summed E-state index contributed by atoms with van der Waals surface area (Å²) in [5.41, 5.74) is 1.18. The molecule has 9 nitrogen and oxygen atoms in total. The number of carbonyl (C=O) groups is 3. The van der Waals surface area contributed by atoms with E-state index in [1.165, 1.54) is 13.8 Å². The first-order chi connectivity index (χ1) is 14.8. The van der Waals surface area contributed by atoms with Crippen molar-refractivity contribution in [3.63, 3.8) is 0 Å². The molecule has 3 rings (SSSR count). The first-order valence-electron chi connectivity index (χ1n) is 10.2. The van der Waals surface area contributed by atoms with Gasteiger partial charge in [0, 0.05) is 50.4 Å². The van der Waals surface area contributed by atoms with Gasteiger partial charge in [0.15, 0.2) is 0 Å². The number of hydrogen-bond donors (Lipinski definition) is 3. The van der Waals surface area contributed by atoms with E-state index in [-0.39, 0.29) is 23.8 Å². The van der Waals surface area contributed by atoms with Gasteiger partial charge in [-0.3, -0.25) is 19.3 Å². The number of rotatable bonds is 7. The van der Waals surface area contributed by atoms with Crippen LogP contribution < -0.4 is 16.0 Å². The van der Waals surface area contributed by atoms with Crippen LogP contribution in [0.25, 0.3) is 0 Å². The smallest absolute Gasteiger partial charge is 0.251 e. The van der Waals surface area contributed by atoms with Crippen LogP contribution in [-0.4, -0.2) is 55.5 Å². The summed E-state index contributed by atoms with van der Waals surface area (Å²) in [5.74, 6) is 0.729. The van der Waals surface area contributed by atoms with Crippen molar-refractivity contribution in [2.24, 2.45) is 0 Å². The summed E-state index contributed by atoms with van der Waals surface area (Å²) >= 11 is 0. The van der Waals surface area contributed by atoms with Crippen LogP contribution in [0.3, 0.4) is 0 Å². The second kappa shape index (κ2) is 10.2. The maximum Gasteiger partial charge on any atom is 0.251 e. The van der Waals surface area contributed by atoms with Crippen LogP contribution in [-0.2, 0) is 14.3 Å². The summed E-state index contributed by atoms with van der Waals surface area (Å²) in [5, 5.41) is 8.26. The van der Waals surface area contributed by atoms with Crippen LogP contribution in [0.15, 0.2) is 34.7 Å². The minimum atomic E-state index is -0.319. The summed E-state index contributed by atoms with van der Waals surface area (Å²) in [6.07, 6.45) is 0. The highest BCUT2D eigenvalue weighted by atomic mass is 16.5. The van der Waals surface area contributed by atoms with Gasteiger partial charge >= 0.3 is 0 Å². The summed E-state index contributed by atoms with van der Waals surface area (Å²) in [4.78, 5) is 38.1. The number of morpholine rings is 1. The molecule has 1 atom stereocenters. The minimum Gasteiger partial charge on any atom is -0.465 e. The fourth-order valence-corrected chi connectivity index (χ4v) is 3.53. The number of carbonyl (C=O) groups excluding carboxylic acids is 3. The van der Waals surface area contributed by atoms with Crippen LogP contribution in [0.5, 0.6) is 0 Å². The van der Waals surface area contributed by atoms with Crippen LogP contribution in [0.4, 0.5) is 11.4 Å². The third-order valence-electron chi connectivity index (χ3n) is 4.87. The SMILES string of the molecule is CC(=O)Nc1cc(NC(C)=O)cc(C(=O)NC[C@H](c2ccc(C)o2)N2CCOCC2)c1. The number of hydrogen-bond acceptors (Lipinski definition) is 6. The number of nitrogens with zero attached hydrogens (tertiary/aromatic N) is 1. The molecule has 2 aromatic rings. The van der Waals surface area contributed by atoms with Crippen molar-refractivity contribution in [3.8, 4) is 0 Å². The first-order valence-corrected chi connectivity index (χ1v) is 10.2. The number of benzene rings is 1. The van der Waals surface area contributed by atoms with Gasteiger partial charge in [-0.2, -0.15) is 0 Å². The number of aryl methyl sites for hydroxylation is 1. The Labute approximate surface area is 181 Å². The highest BCUT2D eigenvalue weighted by molar-refractivity contribution is 5.99. The Bertz CT molecular complexity index is 915. The molecular formula is C22H28N4O5. The average Bonchev–Trinajstić information content (AvgIpc) is 3.13. The fraction of sp³-hybridized carbons (Fsp3) is 0.409. The van der Waals surface area contributed by atoms with Gasteiger partial charge in [0.25, 0.3) is 5.91 Å². The third kappa shape index (κ3) is 6.40. The summed E-state index contributed by atoms with van der Waals surface area (Å²) < 4.78 is 11.3. The van der Waals surface area contributed by atoms with Gasteiger partial charge < -0.3 is 25.1 Å². The van der Waals surface area contributed by atoms with Crippen LogP contribution in [0.1, 0.15) is 41.8 Å². The lowest BCUT2D eigenvalue weighted by molar-refractivity contribution is -0.115.